The predicted molar refractivity (Wildman–Crippen MR) is 65.4 cm³/mol. The lowest BCUT2D eigenvalue weighted by Crippen LogP contribution is -2.27. The maximum atomic E-state index is 9.91. The van der Waals surface area contributed by atoms with Gasteiger partial charge in [-0.2, -0.15) is 0 Å². The molecular formula is C13H21NO2. The first-order chi connectivity index (χ1) is 7.54. The summed E-state index contributed by atoms with van der Waals surface area (Å²) >= 11 is 0. The summed E-state index contributed by atoms with van der Waals surface area (Å²) < 4.78 is 5.07. The molecule has 3 heteroatoms. The van der Waals surface area contributed by atoms with E-state index in [4.69, 9.17) is 10.5 Å². The highest BCUT2D eigenvalue weighted by molar-refractivity contribution is 5.29. The summed E-state index contributed by atoms with van der Waals surface area (Å²) in [6.45, 7) is 4.15. The van der Waals surface area contributed by atoms with Crippen LogP contribution in [-0.2, 0) is 0 Å². The SMILES string of the molecule is COc1ccc([C@@H](N)[C@@H](O)CC(C)C)cc1. The van der Waals surface area contributed by atoms with Gasteiger partial charge >= 0.3 is 0 Å². The molecule has 0 aromatic heterocycles. The van der Waals surface area contributed by atoms with E-state index in [-0.39, 0.29) is 6.04 Å². The quantitative estimate of drug-likeness (QED) is 0.803. The molecule has 0 radical (unpaired) electrons. The Balaban J connectivity index is 2.67. The van der Waals surface area contributed by atoms with Crippen molar-refractivity contribution in [3.8, 4) is 5.75 Å². The molecule has 0 aliphatic rings. The van der Waals surface area contributed by atoms with Gasteiger partial charge in [-0.15, -0.1) is 0 Å². The third-order valence-corrected chi connectivity index (χ3v) is 2.63. The van der Waals surface area contributed by atoms with E-state index in [1.807, 2.05) is 24.3 Å². The van der Waals surface area contributed by atoms with Gasteiger partial charge in [0, 0.05) is 0 Å². The van der Waals surface area contributed by atoms with Crippen LogP contribution in [0.4, 0.5) is 0 Å². The van der Waals surface area contributed by atoms with Gasteiger partial charge in [-0.1, -0.05) is 26.0 Å². The lowest BCUT2D eigenvalue weighted by Gasteiger charge is -2.21. The lowest BCUT2D eigenvalue weighted by molar-refractivity contribution is 0.121. The number of methoxy groups -OCH3 is 1. The van der Waals surface area contributed by atoms with Crippen molar-refractivity contribution >= 4 is 0 Å². The van der Waals surface area contributed by atoms with Crippen molar-refractivity contribution in [2.75, 3.05) is 7.11 Å². The van der Waals surface area contributed by atoms with E-state index < -0.39 is 6.10 Å². The lowest BCUT2D eigenvalue weighted by atomic mass is 9.95. The van der Waals surface area contributed by atoms with E-state index in [0.29, 0.717) is 12.3 Å². The van der Waals surface area contributed by atoms with E-state index >= 15 is 0 Å². The first-order valence-corrected chi connectivity index (χ1v) is 5.62. The molecule has 0 amide bonds. The molecule has 90 valence electrons. The summed E-state index contributed by atoms with van der Waals surface area (Å²) in [7, 11) is 1.63. The Bertz CT molecular complexity index is 308. The monoisotopic (exact) mass is 223 g/mol. The smallest absolute Gasteiger partial charge is 0.118 e. The predicted octanol–water partition coefficient (Wildman–Crippen LogP) is 2.10. The summed E-state index contributed by atoms with van der Waals surface area (Å²) in [5.41, 5.74) is 6.93. The highest BCUT2D eigenvalue weighted by Gasteiger charge is 2.17. The van der Waals surface area contributed by atoms with Crippen LogP contribution in [0.3, 0.4) is 0 Å². The molecule has 0 bridgehead atoms. The zero-order valence-corrected chi connectivity index (χ0v) is 10.2. The van der Waals surface area contributed by atoms with Gasteiger partial charge in [0.2, 0.25) is 0 Å². The van der Waals surface area contributed by atoms with Gasteiger partial charge in [0.25, 0.3) is 0 Å². The molecule has 0 spiro atoms. The van der Waals surface area contributed by atoms with Gasteiger partial charge in [0.05, 0.1) is 19.3 Å². The first kappa shape index (κ1) is 13.0. The molecule has 2 atom stereocenters. The molecular weight excluding hydrogens is 202 g/mol. The molecule has 0 heterocycles. The van der Waals surface area contributed by atoms with Gasteiger partial charge < -0.3 is 15.6 Å². The maximum Gasteiger partial charge on any atom is 0.118 e. The van der Waals surface area contributed by atoms with Crippen LogP contribution in [0.15, 0.2) is 24.3 Å². The average molecular weight is 223 g/mol. The van der Waals surface area contributed by atoms with Gasteiger partial charge in [0.15, 0.2) is 0 Å². The number of hydrogen-bond donors (Lipinski definition) is 2. The third-order valence-electron chi connectivity index (χ3n) is 2.63. The second kappa shape index (κ2) is 5.87. The molecule has 0 fully saturated rings. The zero-order valence-electron chi connectivity index (χ0n) is 10.2. The third kappa shape index (κ3) is 3.51. The van der Waals surface area contributed by atoms with Crippen LogP contribution >= 0.6 is 0 Å². The van der Waals surface area contributed by atoms with Gasteiger partial charge in [-0.05, 0) is 30.0 Å². The Kier molecular flexibility index (Phi) is 4.77. The molecule has 3 nitrogen and oxygen atoms in total. The largest absolute Gasteiger partial charge is 0.497 e. The van der Waals surface area contributed by atoms with Gasteiger partial charge in [0.1, 0.15) is 5.75 Å². The molecule has 0 aliphatic heterocycles. The molecule has 1 aromatic rings. The van der Waals surface area contributed by atoms with Crippen LogP contribution in [0.5, 0.6) is 5.75 Å². The standard InChI is InChI=1S/C13H21NO2/c1-9(2)8-12(15)13(14)10-4-6-11(16-3)7-5-10/h4-7,9,12-13,15H,8,14H2,1-3H3/t12-,13+/m0/s1. The zero-order chi connectivity index (χ0) is 12.1. The Hall–Kier alpha value is -1.06. The summed E-state index contributed by atoms with van der Waals surface area (Å²) in [6, 6.07) is 7.18. The summed E-state index contributed by atoms with van der Waals surface area (Å²) in [6.07, 6.45) is 0.223. The van der Waals surface area contributed by atoms with Crippen molar-refractivity contribution in [1.29, 1.82) is 0 Å². The molecule has 0 saturated heterocycles. The van der Waals surface area contributed by atoms with Crippen LogP contribution < -0.4 is 10.5 Å². The normalized spacial score (nSPS) is 14.9. The number of nitrogens with two attached hydrogens (primary N) is 1. The van der Waals surface area contributed by atoms with Crippen molar-refractivity contribution in [3.05, 3.63) is 29.8 Å². The second-order valence-electron chi connectivity index (χ2n) is 4.50. The van der Waals surface area contributed by atoms with E-state index in [9.17, 15) is 5.11 Å². The first-order valence-electron chi connectivity index (χ1n) is 5.62. The summed E-state index contributed by atoms with van der Waals surface area (Å²) in [5.74, 6) is 1.24. The number of ether oxygens (including phenoxy) is 1. The highest BCUT2D eigenvalue weighted by Crippen LogP contribution is 2.21. The highest BCUT2D eigenvalue weighted by atomic mass is 16.5. The number of hydrogen-bond acceptors (Lipinski definition) is 3. The number of aliphatic hydroxyl groups is 1. The molecule has 0 saturated carbocycles. The fourth-order valence-corrected chi connectivity index (χ4v) is 1.68. The molecule has 16 heavy (non-hydrogen) atoms. The van der Waals surface area contributed by atoms with Crippen molar-refractivity contribution in [2.45, 2.75) is 32.4 Å². The summed E-state index contributed by atoms with van der Waals surface area (Å²) in [5, 5.41) is 9.91. The van der Waals surface area contributed by atoms with Crippen LogP contribution in [-0.4, -0.2) is 18.3 Å². The van der Waals surface area contributed by atoms with Crippen molar-refractivity contribution in [3.63, 3.8) is 0 Å². The Morgan fingerprint density at radius 2 is 1.81 bits per heavy atom. The second-order valence-corrected chi connectivity index (χ2v) is 4.50. The van der Waals surface area contributed by atoms with Gasteiger partial charge in [-0.25, -0.2) is 0 Å². The molecule has 1 aromatic carbocycles. The van der Waals surface area contributed by atoms with Gasteiger partial charge in [-0.3, -0.25) is 0 Å². The minimum Gasteiger partial charge on any atom is -0.497 e. The Morgan fingerprint density at radius 1 is 1.25 bits per heavy atom. The van der Waals surface area contributed by atoms with E-state index in [0.717, 1.165) is 11.3 Å². The maximum absolute atomic E-state index is 9.91. The molecule has 0 unspecified atom stereocenters. The van der Waals surface area contributed by atoms with E-state index in [1.165, 1.54) is 0 Å². The Morgan fingerprint density at radius 3 is 2.25 bits per heavy atom. The van der Waals surface area contributed by atoms with Crippen LogP contribution in [0, 0.1) is 5.92 Å². The average Bonchev–Trinajstić information content (AvgIpc) is 2.27. The minimum absolute atomic E-state index is 0.326. The van der Waals surface area contributed by atoms with Crippen LogP contribution in [0.25, 0.3) is 0 Å². The van der Waals surface area contributed by atoms with Crippen molar-refractivity contribution < 1.29 is 9.84 Å². The number of rotatable bonds is 5. The summed E-state index contributed by atoms with van der Waals surface area (Å²) in [4.78, 5) is 0. The number of benzene rings is 1. The van der Waals surface area contributed by atoms with Crippen molar-refractivity contribution in [1.82, 2.24) is 0 Å². The topological polar surface area (TPSA) is 55.5 Å². The molecule has 3 N–H and O–H groups in total. The fraction of sp³-hybridized carbons (Fsp3) is 0.538. The molecule has 0 aliphatic carbocycles. The minimum atomic E-state index is -0.492. The van der Waals surface area contributed by atoms with Crippen molar-refractivity contribution in [2.24, 2.45) is 11.7 Å². The van der Waals surface area contributed by atoms with E-state index in [1.54, 1.807) is 7.11 Å². The van der Waals surface area contributed by atoms with E-state index in [2.05, 4.69) is 13.8 Å². The molecule has 1 rings (SSSR count). The Labute approximate surface area is 97.2 Å². The van der Waals surface area contributed by atoms with Crippen LogP contribution in [0.2, 0.25) is 0 Å². The fourth-order valence-electron chi connectivity index (χ4n) is 1.68. The van der Waals surface area contributed by atoms with Crippen LogP contribution in [0.1, 0.15) is 31.9 Å². The number of aliphatic hydroxyl groups excluding tert-OH is 1.